The number of nitrogens with two attached hydrogens (primary N) is 1. The average molecular weight is 332 g/mol. The first-order valence-corrected chi connectivity index (χ1v) is 9.05. The summed E-state index contributed by atoms with van der Waals surface area (Å²) < 4.78 is 0. The van der Waals surface area contributed by atoms with Gasteiger partial charge in [-0.2, -0.15) is 0 Å². The molecule has 1 fully saturated rings. The third-order valence-corrected chi connectivity index (χ3v) is 4.48. The van der Waals surface area contributed by atoms with E-state index in [1.165, 1.54) is 11.1 Å². The third kappa shape index (κ3) is 6.89. The van der Waals surface area contributed by atoms with E-state index >= 15 is 0 Å². The molecule has 0 radical (unpaired) electrons. The highest BCUT2D eigenvalue weighted by atomic mass is 15.2. The molecule has 5 heteroatoms. The number of hydrogen-bond acceptors (Lipinski definition) is 3. The molecule has 0 unspecified atom stereocenters. The van der Waals surface area contributed by atoms with Crippen LogP contribution in [0.1, 0.15) is 31.4 Å². The van der Waals surface area contributed by atoms with Crippen molar-refractivity contribution in [2.24, 2.45) is 16.6 Å². The van der Waals surface area contributed by atoms with Gasteiger partial charge in [-0.1, -0.05) is 38.1 Å². The third-order valence-electron chi connectivity index (χ3n) is 4.48. The normalized spacial score (nSPS) is 17.4. The Hall–Kier alpha value is -1.59. The largest absolute Gasteiger partial charge is 0.370 e. The first-order chi connectivity index (χ1) is 11.5. The highest BCUT2D eigenvalue weighted by Gasteiger charge is 2.13. The van der Waals surface area contributed by atoms with Gasteiger partial charge in [0.15, 0.2) is 5.96 Å². The maximum absolute atomic E-state index is 5.90. The van der Waals surface area contributed by atoms with Crippen molar-refractivity contribution < 1.29 is 0 Å². The highest BCUT2D eigenvalue weighted by molar-refractivity contribution is 5.77. The molecule has 134 valence electrons. The summed E-state index contributed by atoms with van der Waals surface area (Å²) in [6.45, 7) is 11.6. The lowest BCUT2D eigenvalue weighted by atomic mass is 10.1. The molecule has 5 nitrogen and oxygen atoms in total. The molecule has 1 aliphatic rings. The van der Waals surface area contributed by atoms with E-state index in [1.54, 1.807) is 0 Å². The molecule has 1 aromatic carbocycles. The molecule has 1 heterocycles. The van der Waals surface area contributed by atoms with Crippen molar-refractivity contribution >= 4 is 5.96 Å². The summed E-state index contributed by atoms with van der Waals surface area (Å²) in [7, 11) is 2.19. The predicted octanol–water partition coefficient (Wildman–Crippen LogP) is 1.88. The molecule has 1 aromatic rings. The minimum atomic E-state index is 0.539. The lowest BCUT2D eigenvalue weighted by molar-refractivity contribution is 0.148. The van der Waals surface area contributed by atoms with Crippen LogP contribution in [0, 0.1) is 5.92 Å². The summed E-state index contributed by atoms with van der Waals surface area (Å²) in [5.74, 6) is 1.22. The minimum absolute atomic E-state index is 0.539. The number of nitrogens with one attached hydrogen (secondary N) is 1. The van der Waals surface area contributed by atoms with Crippen LogP contribution in [-0.4, -0.2) is 55.5 Å². The van der Waals surface area contributed by atoms with E-state index < -0.39 is 0 Å². The molecular weight excluding hydrogens is 298 g/mol. The van der Waals surface area contributed by atoms with Crippen LogP contribution in [0.2, 0.25) is 0 Å². The van der Waals surface area contributed by atoms with Crippen LogP contribution in [0.25, 0.3) is 0 Å². The predicted molar refractivity (Wildman–Crippen MR) is 102 cm³/mol. The minimum Gasteiger partial charge on any atom is -0.370 e. The van der Waals surface area contributed by atoms with E-state index in [1.807, 2.05) is 0 Å². The van der Waals surface area contributed by atoms with Crippen LogP contribution in [0.5, 0.6) is 0 Å². The summed E-state index contributed by atoms with van der Waals surface area (Å²) >= 11 is 0. The van der Waals surface area contributed by atoms with Crippen LogP contribution < -0.4 is 11.1 Å². The number of hydrogen-bond donors (Lipinski definition) is 2. The zero-order valence-electron chi connectivity index (χ0n) is 15.5. The Balaban J connectivity index is 1.75. The van der Waals surface area contributed by atoms with Gasteiger partial charge in [0, 0.05) is 39.3 Å². The van der Waals surface area contributed by atoms with Crippen LogP contribution in [0.4, 0.5) is 0 Å². The van der Waals surface area contributed by atoms with Gasteiger partial charge in [-0.15, -0.1) is 0 Å². The fraction of sp³-hybridized carbons (Fsp3) is 0.632. The number of aliphatic imine (C=N–C) groups is 1. The van der Waals surface area contributed by atoms with Crippen LogP contribution >= 0.6 is 0 Å². The Morgan fingerprint density at radius 2 is 1.75 bits per heavy atom. The van der Waals surface area contributed by atoms with E-state index in [0.29, 0.717) is 18.4 Å². The second-order valence-corrected chi connectivity index (χ2v) is 7.21. The second kappa shape index (κ2) is 9.64. The van der Waals surface area contributed by atoms with E-state index in [9.17, 15) is 0 Å². The van der Waals surface area contributed by atoms with Crippen molar-refractivity contribution in [3.63, 3.8) is 0 Å². The van der Waals surface area contributed by atoms with Crippen molar-refractivity contribution in [2.45, 2.75) is 33.4 Å². The molecule has 0 amide bonds. The second-order valence-electron chi connectivity index (χ2n) is 7.21. The van der Waals surface area contributed by atoms with Gasteiger partial charge in [-0.05, 0) is 30.5 Å². The molecule has 24 heavy (non-hydrogen) atoms. The maximum Gasteiger partial charge on any atom is 0.188 e. The topological polar surface area (TPSA) is 56.9 Å². The first-order valence-electron chi connectivity index (χ1n) is 9.05. The Morgan fingerprint density at radius 1 is 1.12 bits per heavy atom. The summed E-state index contributed by atoms with van der Waals surface area (Å²) in [5, 5.41) is 3.17. The van der Waals surface area contributed by atoms with Gasteiger partial charge in [0.2, 0.25) is 0 Å². The molecule has 1 saturated heterocycles. The Labute approximate surface area is 146 Å². The van der Waals surface area contributed by atoms with E-state index in [2.05, 4.69) is 65.3 Å². The molecule has 0 aliphatic carbocycles. The zero-order chi connectivity index (χ0) is 17.4. The lowest BCUT2D eigenvalue weighted by Gasteiger charge is -2.32. The molecule has 0 spiro atoms. The highest BCUT2D eigenvalue weighted by Crippen LogP contribution is 2.10. The molecule has 3 N–H and O–H groups in total. The van der Waals surface area contributed by atoms with Crippen molar-refractivity contribution in [3.05, 3.63) is 35.4 Å². The van der Waals surface area contributed by atoms with Crippen LogP contribution in [-0.2, 0) is 13.1 Å². The van der Waals surface area contributed by atoms with Crippen molar-refractivity contribution in [3.8, 4) is 0 Å². The summed E-state index contributed by atoms with van der Waals surface area (Å²) in [6, 6.07) is 8.75. The van der Waals surface area contributed by atoms with Crippen molar-refractivity contribution in [1.29, 1.82) is 0 Å². The van der Waals surface area contributed by atoms with Gasteiger partial charge in [0.05, 0.1) is 6.54 Å². The monoisotopic (exact) mass is 331 g/mol. The Morgan fingerprint density at radius 3 is 2.38 bits per heavy atom. The fourth-order valence-corrected chi connectivity index (χ4v) is 2.74. The number of likely N-dealkylation sites (N-methyl/N-ethyl adjacent to an activating group) is 1. The Kier molecular flexibility index (Phi) is 7.53. The SMILES string of the molecule is CC(C)CCNC(N)=NCc1ccc(CN2CCN(C)CC2)cc1. The zero-order valence-corrected chi connectivity index (χ0v) is 15.5. The van der Waals surface area contributed by atoms with E-state index in [4.69, 9.17) is 5.73 Å². The molecule has 1 aliphatic heterocycles. The van der Waals surface area contributed by atoms with Gasteiger partial charge in [-0.3, -0.25) is 4.90 Å². The lowest BCUT2D eigenvalue weighted by Crippen LogP contribution is -2.43. The molecular formula is C19H33N5. The number of guanidine groups is 1. The van der Waals surface area contributed by atoms with E-state index in [-0.39, 0.29) is 0 Å². The number of nitrogens with zero attached hydrogens (tertiary/aromatic N) is 3. The van der Waals surface area contributed by atoms with Gasteiger partial charge in [0.1, 0.15) is 0 Å². The summed E-state index contributed by atoms with van der Waals surface area (Å²) in [5.41, 5.74) is 8.47. The molecule has 0 atom stereocenters. The van der Waals surface area contributed by atoms with Gasteiger partial charge < -0.3 is 16.0 Å². The number of rotatable bonds is 7. The number of piperazine rings is 1. The molecule has 2 rings (SSSR count). The average Bonchev–Trinajstić information content (AvgIpc) is 2.56. The van der Waals surface area contributed by atoms with Gasteiger partial charge in [0.25, 0.3) is 0 Å². The van der Waals surface area contributed by atoms with Crippen LogP contribution in [0.3, 0.4) is 0 Å². The summed E-state index contributed by atoms with van der Waals surface area (Å²) in [6.07, 6.45) is 1.11. The molecule has 0 saturated carbocycles. The first kappa shape index (κ1) is 18.7. The smallest absolute Gasteiger partial charge is 0.188 e. The number of benzene rings is 1. The van der Waals surface area contributed by atoms with Crippen molar-refractivity contribution in [1.82, 2.24) is 15.1 Å². The fourth-order valence-electron chi connectivity index (χ4n) is 2.74. The van der Waals surface area contributed by atoms with Gasteiger partial charge in [-0.25, -0.2) is 4.99 Å². The van der Waals surface area contributed by atoms with Crippen LogP contribution in [0.15, 0.2) is 29.3 Å². The standard InChI is InChI=1S/C19H33N5/c1-16(2)8-9-21-19(20)22-14-17-4-6-18(7-5-17)15-24-12-10-23(3)11-13-24/h4-7,16H,8-15H2,1-3H3,(H3,20,21,22). The summed E-state index contributed by atoms with van der Waals surface area (Å²) in [4.78, 5) is 9.32. The molecule has 0 aromatic heterocycles. The quantitative estimate of drug-likeness (QED) is 0.592. The Bertz CT molecular complexity index is 501. The molecule has 0 bridgehead atoms. The maximum atomic E-state index is 5.90. The van der Waals surface area contributed by atoms with Crippen molar-refractivity contribution in [2.75, 3.05) is 39.8 Å². The van der Waals surface area contributed by atoms with Gasteiger partial charge >= 0.3 is 0 Å². The van der Waals surface area contributed by atoms with E-state index in [0.717, 1.165) is 45.7 Å².